The van der Waals surface area contributed by atoms with Crippen molar-refractivity contribution in [1.29, 1.82) is 0 Å². The van der Waals surface area contributed by atoms with Gasteiger partial charge >= 0.3 is 5.97 Å². The number of hydrogen-bond donors (Lipinski definition) is 0. The van der Waals surface area contributed by atoms with Gasteiger partial charge in [-0.2, -0.15) is 0 Å². The number of benzene rings is 1. The van der Waals surface area contributed by atoms with Gasteiger partial charge in [-0.05, 0) is 62.4 Å². The molecule has 152 valence electrons. The topological polar surface area (TPSA) is 49.7 Å². The van der Waals surface area contributed by atoms with Gasteiger partial charge in [0.05, 0.1) is 36.0 Å². The maximum atomic E-state index is 12.7. The number of thiophene rings is 1. The van der Waals surface area contributed by atoms with Crippen LogP contribution in [0.25, 0.3) is 21.8 Å². The van der Waals surface area contributed by atoms with E-state index in [1.54, 1.807) is 18.4 Å². The van der Waals surface area contributed by atoms with Crippen molar-refractivity contribution in [2.24, 2.45) is 0 Å². The Labute approximate surface area is 174 Å². The summed E-state index contributed by atoms with van der Waals surface area (Å²) in [5, 5.41) is 2.03. The van der Waals surface area contributed by atoms with Gasteiger partial charge in [0.2, 0.25) is 0 Å². The first-order valence-corrected chi connectivity index (χ1v) is 10.7. The molecule has 0 unspecified atom stereocenters. The van der Waals surface area contributed by atoms with Crippen molar-refractivity contribution < 1.29 is 19.0 Å². The number of nitrogens with zero attached hydrogens (tertiary/aromatic N) is 1. The Balaban J connectivity index is 1.91. The lowest BCUT2D eigenvalue weighted by atomic mass is 9.97. The molecule has 29 heavy (non-hydrogen) atoms. The Kier molecular flexibility index (Phi) is 5.37. The molecule has 0 N–H and O–H groups in total. The minimum Gasteiger partial charge on any atom is -0.493 e. The molecular weight excluding hydrogens is 386 g/mol. The number of hydrogen-bond acceptors (Lipinski definition) is 5. The predicted octanol–water partition coefficient (Wildman–Crippen LogP) is 5.41. The highest BCUT2D eigenvalue weighted by Gasteiger charge is 2.28. The van der Waals surface area contributed by atoms with Gasteiger partial charge < -0.3 is 18.8 Å². The lowest BCUT2D eigenvalue weighted by Gasteiger charge is -2.24. The van der Waals surface area contributed by atoms with E-state index in [0.717, 1.165) is 40.5 Å². The SMILES string of the molecule is CCOC(=O)c1cc2n(c1-c1cccs1)CCc1cc(OC)c(OC(C)C)cc1-2. The Morgan fingerprint density at radius 3 is 2.72 bits per heavy atom. The molecule has 1 aromatic carbocycles. The van der Waals surface area contributed by atoms with Crippen molar-refractivity contribution in [2.45, 2.75) is 39.8 Å². The number of rotatable bonds is 6. The number of carbonyl (C=O) groups excluding carboxylic acids is 1. The minimum absolute atomic E-state index is 0.0362. The van der Waals surface area contributed by atoms with Crippen LogP contribution >= 0.6 is 11.3 Å². The lowest BCUT2D eigenvalue weighted by molar-refractivity contribution is 0.0527. The number of ether oxygens (including phenoxy) is 3. The summed E-state index contributed by atoms with van der Waals surface area (Å²) in [5.41, 5.74) is 4.81. The van der Waals surface area contributed by atoms with Crippen molar-refractivity contribution in [1.82, 2.24) is 4.57 Å². The molecule has 3 heterocycles. The predicted molar refractivity (Wildman–Crippen MR) is 115 cm³/mol. The summed E-state index contributed by atoms with van der Waals surface area (Å²) >= 11 is 1.63. The van der Waals surface area contributed by atoms with Gasteiger partial charge in [-0.25, -0.2) is 4.79 Å². The van der Waals surface area contributed by atoms with Crippen LogP contribution in [0.3, 0.4) is 0 Å². The number of aryl methyl sites for hydroxylation is 1. The van der Waals surface area contributed by atoms with Gasteiger partial charge in [-0.1, -0.05) is 6.07 Å². The van der Waals surface area contributed by atoms with Gasteiger partial charge in [0.1, 0.15) is 0 Å². The van der Waals surface area contributed by atoms with Gasteiger partial charge in [0.15, 0.2) is 11.5 Å². The van der Waals surface area contributed by atoms with E-state index in [1.807, 2.05) is 50.4 Å². The summed E-state index contributed by atoms with van der Waals surface area (Å²) in [4.78, 5) is 13.8. The molecule has 6 heteroatoms. The van der Waals surface area contributed by atoms with E-state index in [0.29, 0.717) is 17.9 Å². The standard InChI is InChI=1S/C23H25NO4S/c1-5-27-23(25)17-12-18-16-13-20(28-14(2)3)19(26-4)11-15(16)8-9-24(18)22(17)21-7-6-10-29-21/h6-7,10-14H,5,8-9H2,1-4H3. The highest BCUT2D eigenvalue weighted by atomic mass is 32.1. The van der Waals surface area contributed by atoms with Crippen molar-refractivity contribution in [3.05, 3.63) is 46.8 Å². The lowest BCUT2D eigenvalue weighted by Crippen LogP contribution is -2.13. The van der Waals surface area contributed by atoms with Gasteiger partial charge in [0.25, 0.3) is 0 Å². The fourth-order valence-corrected chi connectivity index (χ4v) is 4.63. The van der Waals surface area contributed by atoms with E-state index in [2.05, 4.69) is 10.6 Å². The molecule has 1 aliphatic rings. The molecule has 0 radical (unpaired) electrons. The normalized spacial score (nSPS) is 12.4. The maximum Gasteiger partial charge on any atom is 0.340 e. The summed E-state index contributed by atoms with van der Waals surface area (Å²) in [6, 6.07) is 10.1. The first-order chi connectivity index (χ1) is 14.0. The third-order valence-corrected chi connectivity index (χ3v) is 5.86. The van der Waals surface area contributed by atoms with E-state index in [-0.39, 0.29) is 12.1 Å². The maximum absolute atomic E-state index is 12.7. The van der Waals surface area contributed by atoms with Crippen molar-refractivity contribution in [2.75, 3.05) is 13.7 Å². The fourth-order valence-electron chi connectivity index (χ4n) is 3.83. The number of fused-ring (bicyclic) bond motifs is 3. The summed E-state index contributed by atoms with van der Waals surface area (Å²) in [5.74, 6) is 1.17. The highest BCUT2D eigenvalue weighted by molar-refractivity contribution is 7.13. The van der Waals surface area contributed by atoms with E-state index in [9.17, 15) is 4.79 Å². The fraction of sp³-hybridized carbons (Fsp3) is 0.348. The van der Waals surface area contributed by atoms with Crippen molar-refractivity contribution in [3.63, 3.8) is 0 Å². The van der Waals surface area contributed by atoms with E-state index in [4.69, 9.17) is 14.2 Å². The van der Waals surface area contributed by atoms with E-state index < -0.39 is 0 Å². The van der Waals surface area contributed by atoms with Gasteiger partial charge in [0, 0.05) is 17.8 Å². The second-order valence-electron chi connectivity index (χ2n) is 7.22. The molecule has 1 aliphatic heterocycles. The molecule has 0 saturated carbocycles. The van der Waals surface area contributed by atoms with Crippen LogP contribution in [0, 0.1) is 0 Å². The smallest absolute Gasteiger partial charge is 0.340 e. The Morgan fingerprint density at radius 1 is 1.24 bits per heavy atom. The third kappa shape index (κ3) is 3.53. The summed E-state index contributed by atoms with van der Waals surface area (Å²) in [6.45, 7) is 6.96. The second kappa shape index (κ2) is 7.95. The summed E-state index contributed by atoms with van der Waals surface area (Å²) < 4.78 is 19.1. The van der Waals surface area contributed by atoms with Crippen LogP contribution in [-0.4, -0.2) is 30.4 Å². The Hall–Kier alpha value is -2.73. The minimum atomic E-state index is -0.286. The van der Waals surface area contributed by atoms with Crippen LogP contribution in [0.15, 0.2) is 35.7 Å². The second-order valence-corrected chi connectivity index (χ2v) is 8.17. The number of methoxy groups -OCH3 is 1. The van der Waals surface area contributed by atoms with Crippen LogP contribution in [0.4, 0.5) is 0 Å². The zero-order chi connectivity index (χ0) is 20.5. The molecule has 0 spiro atoms. The van der Waals surface area contributed by atoms with Crippen LogP contribution in [0.5, 0.6) is 11.5 Å². The number of carbonyl (C=O) groups is 1. The van der Waals surface area contributed by atoms with E-state index >= 15 is 0 Å². The molecule has 2 aromatic heterocycles. The van der Waals surface area contributed by atoms with Crippen LogP contribution in [0.2, 0.25) is 0 Å². The average molecular weight is 412 g/mol. The molecule has 0 fully saturated rings. The molecular formula is C23H25NO4S. The van der Waals surface area contributed by atoms with Gasteiger partial charge in [-0.15, -0.1) is 11.3 Å². The van der Waals surface area contributed by atoms with E-state index in [1.165, 1.54) is 5.56 Å². The average Bonchev–Trinajstić information content (AvgIpc) is 3.34. The van der Waals surface area contributed by atoms with Crippen molar-refractivity contribution >= 4 is 17.3 Å². The first kappa shape index (κ1) is 19.6. The Morgan fingerprint density at radius 2 is 2.07 bits per heavy atom. The third-order valence-electron chi connectivity index (χ3n) is 4.98. The zero-order valence-corrected chi connectivity index (χ0v) is 18.0. The molecule has 0 amide bonds. The number of esters is 1. The molecule has 0 atom stereocenters. The molecule has 0 aliphatic carbocycles. The Bertz CT molecular complexity index is 1030. The largest absolute Gasteiger partial charge is 0.493 e. The zero-order valence-electron chi connectivity index (χ0n) is 17.2. The molecule has 0 saturated heterocycles. The molecule has 3 aromatic rings. The summed E-state index contributed by atoms with van der Waals surface area (Å²) in [6.07, 6.45) is 0.893. The molecule has 5 nitrogen and oxygen atoms in total. The van der Waals surface area contributed by atoms with Crippen LogP contribution < -0.4 is 9.47 Å². The quantitative estimate of drug-likeness (QED) is 0.509. The summed E-state index contributed by atoms with van der Waals surface area (Å²) in [7, 11) is 1.66. The van der Waals surface area contributed by atoms with Crippen molar-refractivity contribution in [3.8, 4) is 33.3 Å². The number of aromatic nitrogens is 1. The molecule has 0 bridgehead atoms. The van der Waals surface area contributed by atoms with Crippen LogP contribution in [-0.2, 0) is 17.7 Å². The molecule has 4 rings (SSSR count). The highest BCUT2D eigenvalue weighted by Crippen LogP contribution is 2.43. The van der Waals surface area contributed by atoms with Gasteiger partial charge in [-0.3, -0.25) is 0 Å². The first-order valence-electron chi connectivity index (χ1n) is 9.86. The van der Waals surface area contributed by atoms with Crippen LogP contribution in [0.1, 0.15) is 36.7 Å². The monoisotopic (exact) mass is 411 g/mol.